The highest BCUT2D eigenvalue weighted by Gasteiger charge is 2.13. The van der Waals surface area contributed by atoms with E-state index in [1.807, 2.05) is 42.5 Å². The molecule has 3 aromatic rings. The van der Waals surface area contributed by atoms with Crippen molar-refractivity contribution in [3.63, 3.8) is 0 Å². The fourth-order valence-corrected chi connectivity index (χ4v) is 2.76. The highest BCUT2D eigenvalue weighted by atomic mass is 19.1. The minimum atomic E-state index is -0.697. The van der Waals surface area contributed by atoms with Gasteiger partial charge in [0, 0.05) is 6.54 Å². The molecule has 0 saturated heterocycles. The first-order valence-electron chi connectivity index (χ1n) is 7.85. The average Bonchev–Trinajstić information content (AvgIpc) is 2.61. The van der Waals surface area contributed by atoms with Crippen LogP contribution in [0.1, 0.15) is 28.4 Å². The van der Waals surface area contributed by atoms with E-state index >= 15 is 0 Å². The molecule has 0 aromatic heterocycles. The number of carbonyl (C=O) groups is 1. The first kappa shape index (κ1) is 16.1. The van der Waals surface area contributed by atoms with Gasteiger partial charge in [0.15, 0.2) is 0 Å². The van der Waals surface area contributed by atoms with Crippen molar-refractivity contribution in [1.82, 2.24) is 5.32 Å². The molecule has 3 aromatic carbocycles. The van der Waals surface area contributed by atoms with E-state index in [1.54, 1.807) is 6.07 Å². The molecule has 122 valence electrons. The Morgan fingerprint density at radius 2 is 1.71 bits per heavy atom. The summed E-state index contributed by atoms with van der Waals surface area (Å²) < 4.78 is 13.6. The molecule has 0 bridgehead atoms. The van der Waals surface area contributed by atoms with Crippen molar-refractivity contribution in [3.8, 4) is 0 Å². The number of hydrogen-bond donors (Lipinski definition) is 2. The van der Waals surface area contributed by atoms with Crippen LogP contribution >= 0.6 is 0 Å². The van der Waals surface area contributed by atoms with Gasteiger partial charge in [0.25, 0.3) is 5.91 Å². The Morgan fingerprint density at radius 1 is 1.00 bits per heavy atom. The molecule has 0 fully saturated rings. The molecular weight excluding hydrogens is 305 g/mol. The summed E-state index contributed by atoms with van der Waals surface area (Å²) >= 11 is 0. The van der Waals surface area contributed by atoms with Crippen LogP contribution in [-0.2, 0) is 0 Å². The van der Waals surface area contributed by atoms with Crippen molar-refractivity contribution >= 4 is 16.7 Å². The van der Waals surface area contributed by atoms with Gasteiger partial charge in [-0.3, -0.25) is 4.79 Å². The van der Waals surface area contributed by atoms with Crippen LogP contribution in [0.2, 0.25) is 0 Å². The lowest BCUT2D eigenvalue weighted by Crippen LogP contribution is -2.26. The Bertz CT molecular complexity index is 858. The van der Waals surface area contributed by atoms with Gasteiger partial charge in [-0.25, -0.2) is 4.39 Å². The number of benzene rings is 3. The number of carbonyl (C=O) groups excluding carboxylic acids is 1. The van der Waals surface area contributed by atoms with Gasteiger partial charge < -0.3 is 10.4 Å². The van der Waals surface area contributed by atoms with Gasteiger partial charge in [-0.05, 0) is 34.9 Å². The molecule has 24 heavy (non-hydrogen) atoms. The molecule has 3 nitrogen and oxygen atoms in total. The maximum Gasteiger partial charge on any atom is 0.254 e. The van der Waals surface area contributed by atoms with Crippen LogP contribution in [0.5, 0.6) is 0 Å². The Morgan fingerprint density at radius 3 is 2.54 bits per heavy atom. The minimum absolute atomic E-state index is 0.0113. The van der Waals surface area contributed by atoms with Crippen molar-refractivity contribution in [2.45, 2.75) is 12.5 Å². The van der Waals surface area contributed by atoms with Crippen LogP contribution in [0.4, 0.5) is 4.39 Å². The van der Waals surface area contributed by atoms with Gasteiger partial charge in [0.2, 0.25) is 0 Å². The monoisotopic (exact) mass is 323 g/mol. The molecule has 1 atom stereocenters. The van der Waals surface area contributed by atoms with E-state index in [1.165, 1.54) is 18.2 Å². The second-order valence-electron chi connectivity index (χ2n) is 5.61. The SMILES string of the molecule is O=C(NCCC(O)c1cccc2ccccc12)c1ccccc1F. The van der Waals surface area contributed by atoms with Gasteiger partial charge in [0.05, 0.1) is 11.7 Å². The third-order valence-electron chi connectivity index (χ3n) is 4.00. The first-order chi connectivity index (χ1) is 11.7. The van der Waals surface area contributed by atoms with Crippen LogP contribution in [0.3, 0.4) is 0 Å². The third kappa shape index (κ3) is 3.44. The van der Waals surface area contributed by atoms with Crippen LogP contribution in [0, 0.1) is 5.82 Å². The zero-order chi connectivity index (χ0) is 16.9. The summed E-state index contributed by atoms with van der Waals surface area (Å²) in [6.07, 6.45) is -0.342. The zero-order valence-electron chi connectivity index (χ0n) is 13.1. The van der Waals surface area contributed by atoms with Crippen molar-refractivity contribution in [2.24, 2.45) is 0 Å². The van der Waals surface area contributed by atoms with Crippen LogP contribution in [0.25, 0.3) is 10.8 Å². The molecule has 0 aliphatic heterocycles. The van der Waals surface area contributed by atoms with Crippen LogP contribution < -0.4 is 5.32 Å². The number of rotatable bonds is 5. The predicted molar refractivity (Wildman–Crippen MR) is 92.3 cm³/mol. The lowest BCUT2D eigenvalue weighted by Gasteiger charge is -2.14. The standard InChI is InChI=1S/C20H18FNO2/c21-18-11-4-3-9-17(18)20(24)22-13-12-19(23)16-10-5-7-14-6-1-2-8-15(14)16/h1-11,19,23H,12-13H2,(H,22,24). The lowest BCUT2D eigenvalue weighted by atomic mass is 9.99. The minimum Gasteiger partial charge on any atom is -0.388 e. The fourth-order valence-electron chi connectivity index (χ4n) is 2.76. The quantitative estimate of drug-likeness (QED) is 0.749. The number of aliphatic hydroxyl groups is 1. The number of hydrogen-bond acceptors (Lipinski definition) is 2. The van der Waals surface area contributed by atoms with E-state index < -0.39 is 17.8 Å². The van der Waals surface area contributed by atoms with E-state index in [2.05, 4.69) is 5.32 Å². The molecule has 0 saturated carbocycles. The summed E-state index contributed by atoms with van der Waals surface area (Å²) in [5, 5.41) is 15.1. The number of halogens is 1. The molecule has 0 aliphatic rings. The summed E-state index contributed by atoms with van der Waals surface area (Å²) in [5.74, 6) is -1.03. The second kappa shape index (κ2) is 7.23. The van der Waals surface area contributed by atoms with E-state index in [4.69, 9.17) is 0 Å². The van der Waals surface area contributed by atoms with Crippen LogP contribution in [-0.4, -0.2) is 17.6 Å². The summed E-state index contributed by atoms with van der Waals surface area (Å²) in [4.78, 5) is 12.0. The molecule has 0 spiro atoms. The molecule has 1 amide bonds. The fraction of sp³-hybridized carbons (Fsp3) is 0.150. The molecule has 1 unspecified atom stereocenters. The van der Waals surface area contributed by atoms with E-state index in [0.29, 0.717) is 6.42 Å². The average molecular weight is 323 g/mol. The summed E-state index contributed by atoms with van der Waals surface area (Å²) in [5.41, 5.74) is 0.838. The lowest BCUT2D eigenvalue weighted by molar-refractivity contribution is 0.0939. The molecule has 3 rings (SSSR count). The number of nitrogens with one attached hydrogen (secondary N) is 1. The number of amides is 1. The van der Waals surface area contributed by atoms with E-state index in [-0.39, 0.29) is 12.1 Å². The van der Waals surface area contributed by atoms with Gasteiger partial charge in [0.1, 0.15) is 5.82 Å². The van der Waals surface area contributed by atoms with E-state index in [9.17, 15) is 14.3 Å². The van der Waals surface area contributed by atoms with Crippen molar-refractivity contribution in [3.05, 3.63) is 83.7 Å². The van der Waals surface area contributed by atoms with Crippen molar-refractivity contribution in [2.75, 3.05) is 6.54 Å². The maximum absolute atomic E-state index is 13.6. The summed E-state index contributed by atoms with van der Waals surface area (Å²) in [6.45, 7) is 0.261. The highest BCUT2D eigenvalue weighted by Crippen LogP contribution is 2.25. The smallest absolute Gasteiger partial charge is 0.254 e. The Hall–Kier alpha value is -2.72. The normalized spacial score (nSPS) is 12.1. The Balaban J connectivity index is 1.64. The predicted octanol–water partition coefficient (Wildman–Crippen LogP) is 3.83. The molecule has 0 aliphatic carbocycles. The Labute approximate surface area is 139 Å². The second-order valence-corrected chi connectivity index (χ2v) is 5.61. The maximum atomic E-state index is 13.6. The van der Waals surface area contributed by atoms with Crippen LogP contribution in [0.15, 0.2) is 66.7 Å². The van der Waals surface area contributed by atoms with Gasteiger partial charge in [-0.2, -0.15) is 0 Å². The van der Waals surface area contributed by atoms with E-state index in [0.717, 1.165) is 16.3 Å². The molecule has 4 heteroatoms. The Kier molecular flexibility index (Phi) is 4.87. The van der Waals surface area contributed by atoms with Crippen molar-refractivity contribution in [1.29, 1.82) is 0 Å². The molecule has 0 heterocycles. The first-order valence-corrected chi connectivity index (χ1v) is 7.85. The van der Waals surface area contributed by atoms with Gasteiger partial charge in [-0.1, -0.05) is 54.6 Å². The summed E-state index contributed by atoms with van der Waals surface area (Å²) in [6, 6.07) is 19.4. The molecule has 0 radical (unpaired) electrons. The molecular formula is C20H18FNO2. The highest BCUT2D eigenvalue weighted by molar-refractivity contribution is 5.94. The number of aliphatic hydroxyl groups excluding tert-OH is 1. The largest absolute Gasteiger partial charge is 0.388 e. The molecule has 2 N–H and O–H groups in total. The topological polar surface area (TPSA) is 49.3 Å². The van der Waals surface area contributed by atoms with Gasteiger partial charge in [-0.15, -0.1) is 0 Å². The van der Waals surface area contributed by atoms with Crippen molar-refractivity contribution < 1.29 is 14.3 Å². The summed E-state index contributed by atoms with van der Waals surface area (Å²) in [7, 11) is 0. The zero-order valence-corrected chi connectivity index (χ0v) is 13.1. The number of fused-ring (bicyclic) bond motifs is 1. The van der Waals surface area contributed by atoms with Gasteiger partial charge >= 0.3 is 0 Å². The third-order valence-corrected chi connectivity index (χ3v) is 4.00.